The smallest absolute Gasteiger partial charge is 0.253 e. The van der Waals surface area contributed by atoms with E-state index in [0.717, 1.165) is 0 Å². The number of rotatable bonds is 4. The Kier molecular flexibility index (Phi) is 5.54. The molecule has 192 valence electrons. The maximum Gasteiger partial charge on any atom is 0.253 e. The van der Waals surface area contributed by atoms with Crippen LogP contribution in [-0.2, 0) is 29.5 Å². The minimum atomic E-state index is -1.43. The summed E-state index contributed by atoms with van der Waals surface area (Å²) in [7, 11) is 1.54. The van der Waals surface area contributed by atoms with E-state index < -0.39 is 29.3 Å². The second-order valence-corrected chi connectivity index (χ2v) is 9.86. The molecule has 0 aromatic heterocycles. The van der Waals surface area contributed by atoms with Crippen molar-refractivity contribution >= 4 is 35.0 Å². The van der Waals surface area contributed by atoms with Crippen LogP contribution < -0.4 is 19.9 Å². The summed E-state index contributed by atoms with van der Waals surface area (Å²) in [5, 5.41) is 3.35. The molecule has 0 bridgehead atoms. The molecular formula is C27H28N4O6. The summed E-state index contributed by atoms with van der Waals surface area (Å²) < 4.78 is 10.6. The molecule has 0 unspecified atom stereocenters. The van der Waals surface area contributed by atoms with Crippen LogP contribution in [-0.4, -0.2) is 74.5 Å². The van der Waals surface area contributed by atoms with Gasteiger partial charge in [0.2, 0.25) is 17.7 Å². The van der Waals surface area contributed by atoms with Crippen molar-refractivity contribution in [3.63, 3.8) is 0 Å². The number of amides is 4. The highest BCUT2D eigenvalue weighted by atomic mass is 16.5. The Bertz CT molecular complexity index is 1290. The topological polar surface area (TPSA) is 108 Å². The Morgan fingerprint density at radius 1 is 1.05 bits per heavy atom. The van der Waals surface area contributed by atoms with Crippen LogP contribution in [0.25, 0.3) is 0 Å². The molecule has 1 spiro atoms. The molecule has 3 saturated heterocycles. The lowest BCUT2D eigenvalue weighted by molar-refractivity contribution is -0.136. The lowest BCUT2D eigenvalue weighted by atomic mass is 9.76. The second-order valence-electron chi connectivity index (χ2n) is 9.86. The third-order valence-electron chi connectivity index (χ3n) is 8.00. The van der Waals surface area contributed by atoms with Crippen LogP contribution in [0.4, 0.5) is 11.4 Å². The standard InChI is InChI=1S/C27H28N4O6/c1-16-22-23(25(34)31(24(22)33)17-7-9-18(36-2)10-8-17)27(28-16)19-5-3-4-6-20(19)30(26(27)35)15-21(32)29-11-13-37-14-12-29/h3-10,16,22-23,28H,11-15H2,1-2H3/t16-,22+,23+,27-/m0/s1. The van der Waals surface area contributed by atoms with E-state index in [1.54, 1.807) is 48.4 Å². The lowest BCUT2D eigenvalue weighted by Crippen LogP contribution is -2.56. The van der Waals surface area contributed by atoms with Gasteiger partial charge in [-0.15, -0.1) is 0 Å². The first-order chi connectivity index (χ1) is 17.9. The van der Waals surface area contributed by atoms with Crippen molar-refractivity contribution in [1.29, 1.82) is 0 Å². The van der Waals surface area contributed by atoms with E-state index in [9.17, 15) is 19.2 Å². The van der Waals surface area contributed by atoms with Crippen molar-refractivity contribution in [3.8, 4) is 5.75 Å². The number of benzene rings is 2. The quantitative estimate of drug-likeness (QED) is 0.616. The van der Waals surface area contributed by atoms with Crippen molar-refractivity contribution < 1.29 is 28.7 Å². The van der Waals surface area contributed by atoms with Crippen molar-refractivity contribution in [2.75, 3.05) is 49.8 Å². The van der Waals surface area contributed by atoms with Gasteiger partial charge in [0.15, 0.2) is 0 Å². The maximum absolute atomic E-state index is 14.2. The average Bonchev–Trinajstić information content (AvgIpc) is 3.47. The maximum atomic E-state index is 14.2. The Morgan fingerprint density at radius 2 is 1.76 bits per heavy atom. The Hall–Kier alpha value is -3.76. The molecular weight excluding hydrogens is 476 g/mol. The van der Waals surface area contributed by atoms with E-state index in [2.05, 4.69) is 5.32 Å². The van der Waals surface area contributed by atoms with Crippen LogP contribution in [0.15, 0.2) is 48.5 Å². The molecule has 0 saturated carbocycles. The molecule has 37 heavy (non-hydrogen) atoms. The molecule has 4 atom stereocenters. The molecule has 4 aliphatic heterocycles. The van der Waals surface area contributed by atoms with Crippen molar-refractivity contribution in [3.05, 3.63) is 54.1 Å². The molecule has 10 nitrogen and oxygen atoms in total. The van der Waals surface area contributed by atoms with Crippen LogP contribution in [0.3, 0.4) is 0 Å². The summed E-state index contributed by atoms with van der Waals surface area (Å²) in [5.74, 6) is -2.38. The summed E-state index contributed by atoms with van der Waals surface area (Å²) in [6, 6.07) is 13.5. The van der Waals surface area contributed by atoms with Gasteiger partial charge in [0.25, 0.3) is 5.91 Å². The molecule has 0 aliphatic carbocycles. The Balaban J connectivity index is 1.38. The van der Waals surface area contributed by atoms with Crippen molar-refractivity contribution in [2.45, 2.75) is 18.5 Å². The van der Waals surface area contributed by atoms with E-state index in [4.69, 9.17) is 9.47 Å². The van der Waals surface area contributed by atoms with Crippen molar-refractivity contribution in [2.24, 2.45) is 11.8 Å². The van der Waals surface area contributed by atoms with Gasteiger partial charge in [-0.1, -0.05) is 18.2 Å². The summed E-state index contributed by atoms with van der Waals surface area (Å²) in [4.78, 5) is 59.3. The van der Waals surface area contributed by atoms with Crippen LogP contribution in [0.2, 0.25) is 0 Å². The zero-order chi connectivity index (χ0) is 25.9. The third-order valence-corrected chi connectivity index (χ3v) is 8.00. The van der Waals surface area contributed by atoms with E-state index in [1.165, 1.54) is 9.80 Å². The summed E-state index contributed by atoms with van der Waals surface area (Å²) in [5.41, 5.74) is 0.204. The van der Waals surface area contributed by atoms with E-state index in [-0.39, 0.29) is 24.3 Å². The largest absolute Gasteiger partial charge is 0.497 e. The third kappa shape index (κ3) is 3.32. The van der Waals surface area contributed by atoms with E-state index >= 15 is 0 Å². The molecule has 1 N–H and O–H groups in total. The van der Waals surface area contributed by atoms with Crippen LogP contribution >= 0.6 is 0 Å². The number of methoxy groups -OCH3 is 1. The first-order valence-electron chi connectivity index (χ1n) is 12.4. The highest BCUT2D eigenvalue weighted by Gasteiger charge is 2.71. The number of fused-ring (bicyclic) bond motifs is 4. The zero-order valence-corrected chi connectivity index (χ0v) is 20.7. The number of para-hydroxylation sites is 1. The normalized spacial score (nSPS) is 28.8. The van der Waals surface area contributed by atoms with Crippen LogP contribution in [0.5, 0.6) is 5.75 Å². The predicted octanol–water partition coefficient (Wildman–Crippen LogP) is 0.893. The molecule has 10 heteroatoms. The number of morpholine rings is 1. The van der Waals surface area contributed by atoms with Gasteiger partial charge < -0.3 is 19.3 Å². The first-order valence-corrected chi connectivity index (χ1v) is 12.4. The van der Waals surface area contributed by atoms with Crippen molar-refractivity contribution in [1.82, 2.24) is 10.2 Å². The Labute approximate surface area is 214 Å². The van der Waals surface area contributed by atoms with Gasteiger partial charge in [0.1, 0.15) is 17.8 Å². The fourth-order valence-corrected chi connectivity index (χ4v) is 6.30. The van der Waals surface area contributed by atoms with E-state index in [1.807, 2.05) is 19.1 Å². The minimum absolute atomic E-state index is 0.143. The van der Waals surface area contributed by atoms with Gasteiger partial charge in [0, 0.05) is 30.4 Å². The molecule has 4 aliphatic rings. The van der Waals surface area contributed by atoms with Crippen LogP contribution in [0, 0.1) is 11.8 Å². The predicted molar refractivity (Wildman–Crippen MR) is 133 cm³/mol. The monoisotopic (exact) mass is 504 g/mol. The van der Waals surface area contributed by atoms with Gasteiger partial charge in [-0.25, -0.2) is 4.90 Å². The average molecular weight is 505 g/mol. The number of nitrogens with one attached hydrogen (secondary N) is 1. The second kappa shape index (κ2) is 8.67. The number of carbonyl (C=O) groups excluding carboxylic acids is 4. The number of imide groups is 1. The Morgan fingerprint density at radius 3 is 2.46 bits per heavy atom. The number of ether oxygens (including phenoxy) is 2. The molecule has 2 aromatic carbocycles. The highest BCUT2D eigenvalue weighted by molar-refractivity contribution is 6.26. The van der Waals surface area contributed by atoms with Gasteiger partial charge in [-0.05, 0) is 37.3 Å². The molecule has 2 aromatic rings. The molecule has 4 amide bonds. The van der Waals surface area contributed by atoms with Gasteiger partial charge in [0.05, 0.1) is 37.8 Å². The van der Waals surface area contributed by atoms with Gasteiger partial charge in [-0.2, -0.15) is 0 Å². The van der Waals surface area contributed by atoms with E-state index in [0.29, 0.717) is 49.0 Å². The molecule has 4 heterocycles. The zero-order valence-electron chi connectivity index (χ0n) is 20.7. The highest BCUT2D eigenvalue weighted by Crippen LogP contribution is 2.55. The first kappa shape index (κ1) is 23.6. The SMILES string of the molecule is COc1ccc(N2C(=O)[C@@H]3[C@H](C)N[C@]4(C(=O)N(CC(=O)N5CCOCC5)c5ccccc54)[C@H]3C2=O)cc1. The van der Waals surface area contributed by atoms with Crippen LogP contribution in [0.1, 0.15) is 12.5 Å². The minimum Gasteiger partial charge on any atom is -0.497 e. The number of anilines is 2. The fourth-order valence-electron chi connectivity index (χ4n) is 6.30. The molecule has 3 fully saturated rings. The number of hydrogen-bond donors (Lipinski definition) is 1. The molecule has 6 rings (SSSR count). The van der Waals surface area contributed by atoms with Gasteiger partial charge in [-0.3, -0.25) is 24.5 Å². The fraction of sp³-hybridized carbons (Fsp3) is 0.407. The number of nitrogens with zero attached hydrogens (tertiary/aromatic N) is 3. The summed E-state index contributed by atoms with van der Waals surface area (Å²) in [6.45, 7) is 3.54. The van der Waals surface area contributed by atoms with Gasteiger partial charge >= 0.3 is 0 Å². The number of carbonyl (C=O) groups is 4. The summed E-state index contributed by atoms with van der Waals surface area (Å²) in [6.07, 6.45) is 0. The number of hydrogen-bond acceptors (Lipinski definition) is 7. The summed E-state index contributed by atoms with van der Waals surface area (Å²) >= 11 is 0. The molecule has 0 radical (unpaired) electrons. The lowest BCUT2D eigenvalue weighted by Gasteiger charge is -2.31.